The van der Waals surface area contributed by atoms with Gasteiger partial charge in [-0.25, -0.2) is 0 Å². The Morgan fingerprint density at radius 1 is 1.34 bits per heavy atom. The van der Waals surface area contributed by atoms with Crippen molar-refractivity contribution in [2.75, 3.05) is 0 Å². The number of aromatic amines is 1. The number of Topliss-reactive ketones (excluding diaryl/α,β-unsaturated/α-hetero) is 2. The van der Waals surface area contributed by atoms with Crippen LogP contribution in [0.5, 0.6) is 0 Å². The van der Waals surface area contributed by atoms with Gasteiger partial charge >= 0.3 is 0 Å². The summed E-state index contributed by atoms with van der Waals surface area (Å²) in [5, 5.41) is 11.4. The maximum Gasteiger partial charge on any atom is 0.192 e. The van der Waals surface area contributed by atoms with Gasteiger partial charge in [0.05, 0.1) is 10.9 Å². The van der Waals surface area contributed by atoms with Gasteiger partial charge in [-0.1, -0.05) is 17.8 Å². The second kappa shape index (κ2) is 7.91. The van der Waals surface area contributed by atoms with E-state index in [1.165, 1.54) is 23.6 Å². The molecule has 1 fully saturated rings. The number of ketones is 2. The summed E-state index contributed by atoms with van der Waals surface area (Å²) in [7, 11) is 0. The predicted octanol–water partition coefficient (Wildman–Crippen LogP) is 4.78. The van der Waals surface area contributed by atoms with Crippen LogP contribution in [0, 0.1) is 13.8 Å². The third-order valence-electron chi connectivity index (χ3n) is 5.25. The first-order chi connectivity index (χ1) is 13.9. The van der Waals surface area contributed by atoms with E-state index < -0.39 is 0 Å². The number of thioether (sulfide) groups is 1. The highest BCUT2D eigenvalue weighted by Gasteiger charge is 2.32. The topological polar surface area (TPSA) is 80.6 Å². The number of thiophene rings is 1. The maximum atomic E-state index is 13.1. The summed E-state index contributed by atoms with van der Waals surface area (Å²) >= 11 is 3.16. The smallest absolute Gasteiger partial charge is 0.192 e. The fourth-order valence-corrected chi connectivity index (χ4v) is 5.41. The van der Waals surface area contributed by atoms with Crippen LogP contribution in [-0.4, -0.2) is 36.6 Å². The van der Waals surface area contributed by atoms with E-state index in [9.17, 15) is 9.59 Å². The lowest BCUT2D eigenvalue weighted by Gasteiger charge is -2.12. The quantitative estimate of drug-likeness (QED) is 0.413. The van der Waals surface area contributed by atoms with Crippen molar-refractivity contribution in [1.82, 2.24) is 19.7 Å². The average molecular weight is 429 g/mol. The van der Waals surface area contributed by atoms with E-state index in [1.807, 2.05) is 26.8 Å². The van der Waals surface area contributed by atoms with Crippen molar-refractivity contribution in [1.29, 1.82) is 0 Å². The summed E-state index contributed by atoms with van der Waals surface area (Å²) in [6, 6.07) is 4.59. The standard InChI is InChI=1S/C21H24N4O2S2/c1-11-18(13(3)26)12(2)22-19(11)20(27)14(4)29-21-24-23-17(25(21)15-7-8-15)10-16-6-5-9-28-16/h5-6,9,14-15,22H,7-8,10H2,1-4H3. The predicted molar refractivity (Wildman–Crippen MR) is 115 cm³/mol. The monoisotopic (exact) mass is 428 g/mol. The van der Waals surface area contributed by atoms with Crippen LogP contribution in [0.3, 0.4) is 0 Å². The van der Waals surface area contributed by atoms with E-state index in [0.717, 1.165) is 41.5 Å². The van der Waals surface area contributed by atoms with Crippen molar-refractivity contribution >= 4 is 34.7 Å². The Morgan fingerprint density at radius 2 is 2.10 bits per heavy atom. The van der Waals surface area contributed by atoms with Crippen LogP contribution >= 0.6 is 23.1 Å². The van der Waals surface area contributed by atoms with Gasteiger partial charge in [-0.3, -0.25) is 9.59 Å². The van der Waals surface area contributed by atoms with Crippen molar-refractivity contribution < 1.29 is 9.59 Å². The number of carbonyl (C=O) groups is 2. The number of hydrogen-bond donors (Lipinski definition) is 1. The molecule has 0 aromatic carbocycles. The van der Waals surface area contributed by atoms with Gasteiger partial charge in [0.1, 0.15) is 5.82 Å². The summed E-state index contributed by atoms with van der Waals surface area (Å²) in [5.41, 5.74) is 2.61. The summed E-state index contributed by atoms with van der Waals surface area (Å²) in [6.07, 6.45) is 3.02. The van der Waals surface area contributed by atoms with Crippen LogP contribution < -0.4 is 0 Å². The zero-order chi connectivity index (χ0) is 20.7. The molecular weight excluding hydrogens is 404 g/mol. The molecule has 0 bridgehead atoms. The van der Waals surface area contributed by atoms with E-state index in [2.05, 4.69) is 31.2 Å². The molecule has 1 saturated carbocycles. The van der Waals surface area contributed by atoms with Gasteiger partial charge in [0.15, 0.2) is 16.7 Å². The number of aryl methyl sites for hydroxylation is 1. The van der Waals surface area contributed by atoms with Crippen LogP contribution in [0.2, 0.25) is 0 Å². The highest BCUT2D eigenvalue weighted by molar-refractivity contribution is 8.00. The molecule has 4 rings (SSSR count). The van der Waals surface area contributed by atoms with Gasteiger partial charge in [-0.05, 0) is 57.5 Å². The number of hydrogen-bond acceptors (Lipinski definition) is 6. The highest BCUT2D eigenvalue weighted by Crippen LogP contribution is 2.40. The second-order valence-corrected chi connectivity index (χ2v) is 9.90. The lowest BCUT2D eigenvalue weighted by atomic mass is 10.0. The van der Waals surface area contributed by atoms with E-state index in [4.69, 9.17) is 0 Å². The zero-order valence-corrected chi connectivity index (χ0v) is 18.6. The number of nitrogens with one attached hydrogen (secondary N) is 1. The van der Waals surface area contributed by atoms with Gasteiger partial charge in [-0.2, -0.15) is 0 Å². The molecule has 1 aliphatic rings. The molecular formula is C21H24N4O2S2. The molecule has 1 unspecified atom stereocenters. The molecule has 6 nitrogen and oxygen atoms in total. The van der Waals surface area contributed by atoms with Gasteiger partial charge < -0.3 is 9.55 Å². The van der Waals surface area contributed by atoms with E-state index >= 15 is 0 Å². The molecule has 152 valence electrons. The minimum atomic E-state index is -0.331. The first-order valence-electron chi connectivity index (χ1n) is 9.74. The van der Waals surface area contributed by atoms with Crippen LogP contribution in [-0.2, 0) is 6.42 Å². The fourth-order valence-electron chi connectivity index (χ4n) is 3.72. The summed E-state index contributed by atoms with van der Waals surface area (Å²) in [5.74, 6) is 0.915. The third kappa shape index (κ3) is 3.96. The molecule has 1 N–H and O–H groups in total. The summed E-state index contributed by atoms with van der Waals surface area (Å²) in [4.78, 5) is 29.4. The van der Waals surface area contributed by atoms with Crippen molar-refractivity contribution in [2.24, 2.45) is 0 Å². The molecule has 0 spiro atoms. The second-order valence-electron chi connectivity index (χ2n) is 7.56. The molecule has 0 amide bonds. The molecule has 0 aliphatic heterocycles. The Balaban J connectivity index is 1.56. The van der Waals surface area contributed by atoms with Gasteiger partial charge in [-0.15, -0.1) is 21.5 Å². The number of carbonyl (C=O) groups excluding carboxylic acids is 2. The number of rotatable bonds is 8. The van der Waals surface area contributed by atoms with Crippen molar-refractivity contribution in [2.45, 2.75) is 63.4 Å². The third-order valence-corrected chi connectivity index (χ3v) is 7.18. The summed E-state index contributed by atoms with van der Waals surface area (Å²) < 4.78 is 2.21. The maximum absolute atomic E-state index is 13.1. The lowest BCUT2D eigenvalue weighted by molar-refractivity contribution is 0.0988. The van der Waals surface area contributed by atoms with Crippen LogP contribution in [0.4, 0.5) is 0 Å². The van der Waals surface area contributed by atoms with E-state index in [0.29, 0.717) is 17.3 Å². The molecule has 3 heterocycles. The first kappa shape index (κ1) is 20.1. The molecule has 3 aromatic heterocycles. The largest absolute Gasteiger partial charge is 0.355 e. The number of H-pyrrole nitrogens is 1. The molecule has 29 heavy (non-hydrogen) atoms. The molecule has 0 saturated heterocycles. The molecule has 1 aliphatic carbocycles. The number of aromatic nitrogens is 4. The Bertz CT molecular complexity index is 1060. The molecule has 3 aromatic rings. The number of nitrogens with zero attached hydrogens (tertiary/aromatic N) is 3. The van der Waals surface area contributed by atoms with Gasteiger partial charge in [0.2, 0.25) is 0 Å². The van der Waals surface area contributed by atoms with E-state index in [1.54, 1.807) is 11.3 Å². The first-order valence-corrected chi connectivity index (χ1v) is 11.5. The zero-order valence-electron chi connectivity index (χ0n) is 17.0. The van der Waals surface area contributed by atoms with Gasteiger partial charge in [0, 0.05) is 28.6 Å². The fraction of sp³-hybridized carbons (Fsp3) is 0.429. The molecule has 8 heteroatoms. The Labute approximate surface area is 178 Å². The van der Waals surface area contributed by atoms with Crippen LogP contribution in [0.25, 0.3) is 0 Å². The van der Waals surface area contributed by atoms with Crippen LogP contribution in [0.1, 0.15) is 75.5 Å². The Hall–Kier alpha value is -2.19. The highest BCUT2D eigenvalue weighted by atomic mass is 32.2. The van der Waals surface area contributed by atoms with Gasteiger partial charge in [0.25, 0.3) is 0 Å². The minimum Gasteiger partial charge on any atom is -0.355 e. The summed E-state index contributed by atoms with van der Waals surface area (Å²) in [6.45, 7) is 7.08. The Morgan fingerprint density at radius 3 is 2.69 bits per heavy atom. The van der Waals surface area contributed by atoms with Crippen LogP contribution in [0.15, 0.2) is 22.7 Å². The molecule has 0 radical (unpaired) electrons. The lowest BCUT2D eigenvalue weighted by Crippen LogP contribution is -2.16. The minimum absolute atomic E-state index is 0.0201. The van der Waals surface area contributed by atoms with Crippen molar-refractivity contribution in [3.8, 4) is 0 Å². The van der Waals surface area contributed by atoms with E-state index in [-0.39, 0.29) is 16.8 Å². The Kier molecular flexibility index (Phi) is 5.48. The SMILES string of the molecule is CC(=O)c1c(C)[nH]c(C(=O)C(C)Sc2nnc(Cc3cccs3)n2C2CC2)c1C. The average Bonchev–Trinajstić information content (AvgIpc) is 3.08. The normalized spacial score (nSPS) is 14.9. The van der Waals surface area contributed by atoms with Crippen molar-refractivity contribution in [3.05, 3.63) is 50.7 Å². The van der Waals surface area contributed by atoms with Crippen molar-refractivity contribution in [3.63, 3.8) is 0 Å². The molecule has 1 atom stereocenters.